The number of nitrogens with zero attached hydrogens (tertiary/aromatic N) is 2. The van der Waals surface area contributed by atoms with E-state index in [0.717, 1.165) is 22.4 Å². The van der Waals surface area contributed by atoms with Crippen LogP contribution in [0, 0.1) is 0 Å². The van der Waals surface area contributed by atoms with E-state index < -0.39 is 17.9 Å². The zero-order chi connectivity index (χ0) is 27.3. The average Bonchev–Trinajstić information content (AvgIpc) is 3.44. The number of nitrogens with one attached hydrogen (secondary N) is 1. The Bertz CT molecular complexity index is 1310. The summed E-state index contributed by atoms with van der Waals surface area (Å²) < 4.78 is 16.4. The number of carbonyl (C=O) groups excluding carboxylic acids is 2. The molecule has 3 N–H and O–H groups in total. The fourth-order valence-corrected chi connectivity index (χ4v) is 3.87. The maximum atomic E-state index is 13.1. The van der Waals surface area contributed by atoms with E-state index in [-0.39, 0.29) is 12.4 Å². The second-order valence-corrected chi connectivity index (χ2v) is 9.01. The van der Waals surface area contributed by atoms with Gasteiger partial charge in [0.25, 0.3) is 0 Å². The molecule has 0 saturated carbocycles. The zero-order valence-electron chi connectivity index (χ0n) is 21.6. The molecule has 0 fully saturated rings. The van der Waals surface area contributed by atoms with Gasteiger partial charge in [0.1, 0.15) is 19.0 Å². The molecule has 9 heteroatoms. The number of hydrogen-bond donors (Lipinski definition) is 2. The zero-order valence-corrected chi connectivity index (χ0v) is 21.6. The van der Waals surface area contributed by atoms with E-state index in [9.17, 15) is 9.59 Å². The lowest BCUT2D eigenvalue weighted by Gasteiger charge is -2.16. The third-order valence-electron chi connectivity index (χ3n) is 5.98. The molecule has 0 bridgehead atoms. The molecular weight excluding hydrogens is 496 g/mol. The molecule has 0 spiro atoms. The van der Waals surface area contributed by atoms with Crippen LogP contribution in [0.2, 0.25) is 0 Å². The number of carbonyl (C=O) groups is 2. The normalized spacial score (nSPS) is 11.5. The molecule has 0 saturated heterocycles. The molecule has 0 radical (unpaired) electrons. The summed E-state index contributed by atoms with van der Waals surface area (Å²) in [6.07, 6.45) is 1.40. The van der Waals surface area contributed by atoms with E-state index in [1.807, 2.05) is 84.9 Å². The van der Waals surface area contributed by atoms with Crippen molar-refractivity contribution in [3.63, 3.8) is 0 Å². The third-order valence-corrected chi connectivity index (χ3v) is 5.98. The Kier molecular flexibility index (Phi) is 10.2. The number of hydrogen-bond acceptors (Lipinski definition) is 8. The maximum absolute atomic E-state index is 13.1. The van der Waals surface area contributed by atoms with Gasteiger partial charge in [-0.2, -0.15) is 4.98 Å². The predicted octanol–water partition coefficient (Wildman–Crippen LogP) is 4.85. The van der Waals surface area contributed by atoms with Crippen molar-refractivity contribution < 1.29 is 23.6 Å². The number of alkyl carbamates (subject to hydrolysis) is 1. The summed E-state index contributed by atoms with van der Waals surface area (Å²) in [7, 11) is 0. The number of aromatic nitrogens is 2. The van der Waals surface area contributed by atoms with Gasteiger partial charge in [0.15, 0.2) is 0 Å². The van der Waals surface area contributed by atoms with Gasteiger partial charge in [0.05, 0.1) is 12.5 Å². The Labute approximate surface area is 227 Å². The monoisotopic (exact) mass is 528 g/mol. The molecular formula is C30H32N4O5. The second-order valence-electron chi connectivity index (χ2n) is 9.01. The van der Waals surface area contributed by atoms with Gasteiger partial charge in [-0.15, -0.1) is 0 Å². The van der Waals surface area contributed by atoms with Crippen LogP contribution in [0.5, 0.6) is 5.75 Å². The summed E-state index contributed by atoms with van der Waals surface area (Å²) in [5.74, 6) is 0.510. The Morgan fingerprint density at radius 2 is 1.51 bits per heavy atom. The lowest BCUT2D eigenvalue weighted by molar-refractivity contribution is 0.0896. The first-order chi connectivity index (χ1) is 19.1. The lowest BCUT2D eigenvalue weighted by Crippen LogP contribution is -2.41. The van der Waals surface area contributed by atoms with E-state index in [2.05, 4.69) is 15.5 Å². The molecule has 4 rings (SSSR count). The van der Waals surface area contributed by atoms with Crippen molar-refractivity contribution in [1.29, 1.82) is 0 Å². The Balaban J connectivity index is 1.32. The van der Waals surface area contributed by atoms with Crippen LogP contribution in [0.15, 0.2) is 89.5 Å². The van der Waals surface area contributed by atoms with Gasteiger partial charge in [-0.25, -0.2) is 4.79 Å². The molecule has 9 nitrogen and oxygen atoms in total. The highest BCUT2D eigenvalue weighted by atomic mass is 16.5. The number of ketones is 1. The Morgan fingerprint density at radius 1 is 0.846 bits per heavy atom. The van der Waals surface area contributed by atoms with Crippen LogP contribution < -0.4 is 15.8 Å². The summed E-state index contributed by atoms with van der Waals surface area (Å²) >= 11 is 0. The number of nitrogens with two attached hydrogens (primary N) is 1. The maximum Gasteiger partial charge on any atom is 0.408 e. The lowest BCUT2D eigenvalue weighted by atomic mass is 10.0. The van der Waals surface area contributed by atoms with Crippen molar-refractivity contribution in [1.82, 2.24) is 15.5 Å². The minimum atomic E-state index is -0.855. The summed E-state index contributed by atoms with van der Waals surface area (Å²) in [6, 6.07) is 25.9. The first-order valence-electron chi connectivity index (χ1n) is 12.9. The smallest absolute Gasteiger partial charge is 0.408 e. The van der Waals surface area contributed by atoms with Gasteiger partial charge >= 0.3 is 6.09 Å². The summed E-state index contributed by atoms with van der Waals surface area (Å²) in [6.45, 7) is 1.07. The topological polar surface area (TPSA) is 130 Å². The number of rotatable bonds is 14. The molecule has 0 aliphatic carbocycles. The molecule has 202 valence electrons. The average molecular weight is 529 g/mol. The Hall–Kier alpha value is -4.50. The van der Waals surface area contributed by atoms with Gasteiger partial charge in [0, 0.05) is 0 Å². The first kappa shape index (κ1) is 27.5. The molecule has 4 aromatic rings. The van der Waals surface area contributed by atoms with Crippen molar-refractivity contribution in [2.45, 2.75) is 44.9 Å². The van der Waals surface area contributed by atoms with E-state index in [1.54, 1.807) is 0 Å². The minimum absolute atomic E-state index is 0.0890. The molecule has 1 aromatic heterocycles. The molecule has 1 heterocycles. The molecule has 0 unspecified atom stereocenters. The van der Waals surface area contributed by atoms with Crippen molar-refractivity contribution >= 4 is 11.9 Å². The second kappa shape index (κ2) is 14.4. The van der Waals surface area contributed by atoms with Crippen LogP contribution in [0.25, 0.3) is 0 Å². The highest BCUT2D eigenvalue weighted by molar-refractivity contribution is 5.98. The molecule has 1 atom stereocenters. The van der Waals surface area contributed by atoms with Crippen LogP contribution in [0.1, 0.15) is 52.5 Å². The molecule has 0 aliphatic heterocycles. The molecule has 39 heavy (non-hydrogen) atoms. The van der Waals surface area contributed by atoms with Crippen molar-refractivity contribution in [3.05, 3.63) is 113 Å². The molecule has 3 aromatic carbocycles. The van der Waals surface area contributed by atoms with Gasteiger partial charge < -0.3 is 25.0 Å². The summed E-state index contributed by atoms with van der Waals surface area (Å²) in [4.78, 5) is 29.8. The largest absolute Gasteiger partial charge is 0.489 e. The quantitative estimate of drug-likeness (QED) is 0.176. The number of unbranched alkanes of at least 4 members (excludes halogenated alkanes) is 1. The van der Waals surface area contributed by atoms with Crippen molar-refractivity contribution in [3.8, 4) is 5.75 Å². The minimum Gasteiger partial charge on any atom is -0.489 e. The summed E-state index contributed by atoms with van der Waals surface area (Å²) in [5, 5.41) is 6.51. The van der Waals surface area contributed by atoms with Crippen LogP contribution >= 0.6 is 0 Å². The van der Waals surface area contributed by atoms with E-state index >= 15 is 0 Å². The molecule has 1 amide bonds. The van der Waals surface area contributed by atoms with Gasteiger partial charge in [0.2, 0.25) is 17.5 Å². The fraction of sp³-hybridized carbons (Fsp3) is 0.267. The van der Waals surface area contributed by atoms with Crippen LogP contribution in [0.3, 0.4) is 0 Å². The van der Waals surface area contributed by atoms with Gasteiger partial charge in [-0.3, -0.25) is 4.79 Å². The van der Waals surface area contributed by atoms with Crippen LogP contribution in [-0.2, 0) is 24.4 Å². The number of ether oxygens (including phenoxy) is 2. The number of Topliss-reactive ketones (excluding diaryl/α,β-unsaturated/α-hetero) is 1. The standard InChI is InChI=1S/C30H32N4O5/c31-18-8-7-13-26(32-30(36)38-21-24-11-5-2-6-12-24)28(35)29-33-27(39-34-29)19-22-14-16-25(17-15-22)37-20-23-9-3-1-4-10-23/h1-6,9-12,14-17,26H,7-8,13,18-21,31H2,(H,32,36)/t26-/m0/s1. The number of benzene rings is 3. The predicted molar refractivity (Wildman–Crippen MR) is 145 cm³/mol. The number of amides is 1. The van der Waals surface area contributed by atoms with E-state index in [0.29, 0.717) is 44.7 Å². The fourth-order valence-electron chi connectivity index (χ4n) is 3.87. The van der Waals surface area contributed by atoms with Crippen molar-refractivity contribution in [2.24, 2.45) is 5.73 Å². The van der Waals surface area contributed by atoms with Gasteiger partial charge in [-0.05, 0) is 54.6 Å². The highest BCUT2D eigenvalue weighted by Crippen LogP contribution is 2.17. The highest BCUT2D eigenvalue weighted by Gasteiger charge is 2.27. The molecule has 0 aliphatic rings. The van der Waals surface area contributed by atoms with E-state index in [4.69, 9.17) is 19.7 Å². The first-order valence-corrected chi connectivity index (χ1v) is 12.9. The van der Waals surface area contributed by atoms with Crippen LogP contribution in [-0.4, -0.2) is 34.6 Å². The Morgan fingerprint density at radius 3 is 2.18 bits per heavy atom. The van der Waals surface area contributed by atoms with E-state index in [1.165, 1.54) is 0 Å². The SMILES string of the molecule is NCCCC[C@H](NC(=O)OCc1ccccc1)C(=O)c1noc(Cc2ccc(OCc3ccccc3)cc2)n1. The van der Waals surface area contributed by atoms with Crippen molar-refractivity contribution in [2.75, 3.05) is 6.54 Å². The third kappa shape index (κ3) is 8.79. The summed E-state index contributed by atoms with van der Waals surface area (Å²) in [5.41, 5.74) is 8.46. The van der Waals surface area contributed by atoms with Crippen LogP contribution in [0.4, 0.5) is 4.79 Å². The van der Waals surface area contributed by atoms with Gasteiger partial charge in [-0.1, -0.05) is 78.0 Å².